The monoisotopic (exact) mass is 238 g/mol. The van der Waals surface area contributed by atoms with Gasteiger partial charge in [-0.15, -0.1) is 0 Å². The van der Waals surface area contributed by atoms with Gasteiger partial charge in [-0.1, -0.05) is 0 Å². The molecule has 3 N–H and O–H groups in total. The van der Waals surface area contributed by atoms with Gasteiger partial charge in [0.05, 0.1) is 12.3 Å². The van der Waals surface area contributed by atoms with Crippen molar-refractivity contribution < 1.29 is 14.0 Å². The van der Waals surface area contributed by atoms with E-state index in [0.717, 1.165) is 0 Å². The van der Waals surface area contributed by atoms with E-state index < -0.39 is 4.92 Å². The highest BCUT2D eigenvalue weighted by Crippen LogP contribution is 2.14. The SMILES string of the molecule is Nc1nonc1N/N=C\c1ccc([N+](=O)[O-])o1. The largest absolute Gasteiger partial charge is 0.433 e. The lowest BCUT2D eigenvalue weighted by Crippen LogP contribution is -1.94. The first-order valence-electron chi connectivity index (χ1n) is 4.28. The molecule has 0 fully saturated rings. The maximum Gasteiger partial charge on any atom is 0.433 e. The predicted octanol–water partition coefficient (Wildman–Crippen LogP) is 0.599. The van der Waals surface area contributed by atoms with Gasteiger partial charge in [0.25, 0.3) is 0 Å². The van der Waals surface area contributed by atoms with Crippen LogP contribution in [-0.2, 0) is 0 Å². The molecular weight excluding hydrogens is 232 g/mol. The molecule has 0 saturated carbocycles. The quantitative estimate of drug-likeness (QED) is 0.447. The minimum atomic E-state index is -0.649. The Kier molecular flexibility index (Phi) is 2.68. The van der Waals surface area contributed by atoms with Crippen LogP contribution in [-0.4, -0.2) is 21.5 Å². The lowest BCUT2D eigenvalue weighted by Gasteiger charge is -1.90. The van der Waals surface area contributed by atoms with Crippen LogP contribution in [0, 0.1) is 10.1 Å². The summed E-state index contributed by atoms with van der Waals surface area (Å²) in [5.74, 6) is 0.0307. The Balaban J connectivity index is 2.01. The van der Waals surface area contributed by atoms with Crippen LogP contribution in [0.2, 0.25) is 0 Å². The smallest absolute Gasteiger partial charge is 0.400 e. The van der Waals surface area contributed by atoms with Crippen molar-refractivity contribution in [1.82, 2.24) is 10.3 Å². The Labute approximate surface area is 93.2 Å². The van der Waals surface area contributed by atoms with Crippen molar-refractivity contribution in [1.29, 1.82) is 0 Å². The van der Waals surface area contributed by atoms with Crippen LogP contribution in [0.1, 0.15) is 5.76 Å². The van der Waals surface area contributed by atoms with Crippen LogP contribution in [0.25, 0.3) is 0 Å². The number of nitrogen functional groups attached to an aromatic ring is 1. The number of nitrogens with one attached hydrogen (secondary N) is 1. The molecule has 0 aliphatic carbocycles. The van der Waals surface area contributed by atoms with Crippen molar-refractivity contribution in [3.63, 3.8) is 0 Å². The van der Waals surface area contributed by atoms with E-state index in [4.69, 9.17) is 10.2 Å². The molecule has 2 aromatic heterocycles. The van der Waals surface area contributed by atoms with Crippen LogP contribution < -0.4 is 11.2 Å². The minimum Gasteiger partial charge on any atom is -0.400 e. The number of hydrazone groups is 1. The second-order valence-electron chi connectivity index (χ2n) is 2.80. The van der Waals surface area contributed by atoms with Crippen molar-refractivity contribution in [2.24, 2.45) is 5.10 Å². The van der Waals surface area contributed by atoms with Crippen LogP contribution in [0.5, 0.6) is 0 Å². The van der Waals surface area contributed by atoms with Crippen LogP contribution >= 0.6 is 0 Å². The van der Waals surface area contributed by atoms with Gasteiger partial charge in [0, 0.05) is 0 Å². The zero-order valence-electron chi connectivity index (χ0n) is 8.23. The summed E-state index contributed by atoms with van der Waals surface area (Å²) in [5, 5.41) is 20.7. The van der Waals surface area contributed by atoms with E-state index in [1.165, 1.54) is 18.3 Å². The summed E-state index contributed by atoms with van der Waals surface area (Å²) in [6.45, 7) is 0. The Hall–Kier alpha value is -2.91. The number of nitrogens with zero attached hydrogens (tertiary/aromatic N) is 4. The number of hydrogen-bond donors (Lipinski definition) is 2. The van der Waals surface area contributed by atoms with E-state index in [1.807, 2.05) is 0 Å². The van der Waals surface area contributed by atoms with Gasteiger partial charge in [-0.2, -0.15) is 5.10 Å². The normalized spacial score (nSPS) is 10.8. The molecule has 0 aliphatic heterocycles. The third-order valence-corrected chi connectivity index (χ3v) is 1.67. The second-order valence-corrected chi connectivity index (χ2v) is 2.80. The summed E-state index contributed by atoms with van der Waals surface area (Å²) in [4.78, 5) is 9.68. The van der Waals surface area contributed by atoms with Crippen LogP contribution in [0.15, 0.2) is 26.3 Å². The van der Waals surface area contributed by atoms with Gasteiger partial charge in [0.2, 0.25) is 11.6 Å². The molecule has 10 heteroatoms. The number of rotatable bonds is 4. The predicted molar refractivity (Wildman–Crippen MR) is 55.3 cm³/mol. The van der Waals surface area contributed by atoms with Crippen LogP contribution in [0.3, 0.4) is 0 Å². The zero-order chi connectivity index (χ0) is 12.3. The molecule has 88 valence electrons. The highest BCUT2D eigenvalue weighted by molar-refractivity contribution is 5.77. The number of nitro groups is 1. The van der Waals surface area contributed by atoms with Crippen molar-refractivity contribution >= 4 is 23.7 Å². The number of hydrogen-bond acceptors (Lipinski definition) is 9. The lowest BCUT2D eigenvalue weighted by molar-refractivity contribution is -0.402. The average molecular weight is 238 g/mol. The maximum absolute atomic E-state index is 10.3. The topological polar surface area (TPSA) is 146 Å². The first kappa shape index (κ1) is 10.6. The molecule has 17 heavy (non-hydrogen) atoms. The summed E-state index contributed by atoms with van der Waals surface area (Å²) >= 11 is 0. The van der Waals surface area contributed by atoms with Crippen molar-refractivity contribution in [2.45, 2.75) is 0 Å². The Morgan fingerprint density at radius 3 is 2.94 bits per heavy atom. The maximum atomic E-state index is 10.3. The van der Waals surface area contributed by atoms with Gasteiger partial charge in [-0.3, -0.25) is 15.5 Å². The van der Waals surface area contributed by atoms with E-state index in [0.29, 0.717) is 0 Å². The Morgan fingerprint density at radius 2 is 2.35 bits per heavy atom. The number of furan rings is 1. The molecule has 0 radical (unpaired) electrons. The second kappa shape index (κ2) is 4.30. The molecular formula is C7H6N6O4. The molecule has 0 saturated heterocycles. The van der Waals surface area contributed by atoms with E-state index in [-0.39, 0.29) is 23.3 Å². The molecule has 0 amide bonds. The van der Waals surface area contributed by atoms with Crippen molar-refractivity contribution in [3.05, 3.63) is 28.0 Å². The summed E-state index contributed by atoms with van der Waals surface area (Å²) in [6.07, 6.45) is 1.22. The lowest BCUT2D eigenvalue weighted by atomic mass is 10.5. The Bertz CT molecular complexity index is 558. The minimum absolute atomic E-state index is 0.0487. The molecule has 0 unspecified atom stereocenters. The third kappa shape index (κ3) is 2.37. The van der Waals surface area contributed by atoms with E-state index >= 15 is 0 Å². The number of anilines is 2. The van der Waals surface area contributed by atoms with Gasteiger partial charge in [0.15, 0.2) is 5.76 Å². The zero-order valence-corrected chi connectivity index (χ0v) is 8.23. The molecule has 0 aliphatic rings. The molecule has 0 aromatic carbocycles. The summed E-state index contributed by atoms with van der Waals surface area (Å²) in [6, 6.07) is 2.61. The van der Waals surface area contributed by atoms with Gasteiger partial charge < -0.3 is 10.2 Å². The number of aromatic nitrogens is 2. The van der Waals surface area contributed by atoms with Gasteiger partial charge in [0.1, 0.15) is 4.92 Å². The third-order valence-electron chi connectivity index (χ3n) is 1.67. The first-order chi connectivity index (χ1) is 8.16. The van der Waals surface area contributed by atoms with E-state index in [9.17, 15) is 10.1 Å². The highest BCUT2D eigenvalue weighted by atomic mass is 16.6. The molecule has 0 atom stereocenters. The van der Waals surface area contributed by atoms with E-state index in [1.54, 1.807) is 0 Å². The molecule has 2 heterocycles. The molecule has 0 bridgehead atoms. The molecule has 2 aromatic rings. The number of nitrogens with two attached hydrogens (primary N) is 1. The summed E-state index contributed by atoms with van der Waals surface area (Å²) < 4.78 is 9.13. The molecule has 0 spiro atoms. The van der Waals surface area contributed by atoms with Crippen molar-refractivity contribution in [3.8, 4) is 0 Å². The Morgan fingerprint density at radius 1 is 1.53 bits per heavy atom. The average Bonchev–Trinajstić information content (AvgIpc) is 2.89. The van der Waals surface area contributed by atoms with Crippen molar-refractivity contribution in [2.75, 3.05) is 11.2 Å². The fourth-order valence-corrected chi connectivity index (χ4v) is 0.940. The molecule has 2 rings (SSSR count). The van der Waals surface area contributed by atoms with Gasteiger partial charge >= 0.3 is 5.88 Å². The fourth-order valence-electron chi connectivity index (χ4n) is 0.940. The fraction of sp³-hybridized carbons (Fsp3) is 0. The van der Waals surface area contributed by atoms with Gasteiger partial charge in [-0.25, -0.2) is 4.63 Å². The summed E-state index contributed by atoms with van der Waals surface area (Å²) in [7, 11) is 0. The summed E-state index contributed by atoms with van der Waals surface area (Å²) in [5.41, 5.74) is 7.77. The van der Waals surface area contributed by atoms with Crippen LogP contribution in [0.4, 0.5) is 17.5 Å². The molecule has 10 nitrogen and oxygen atoms in total. The van der Waals surface area contributed by atoms with Gasteiger partial charge in [-0.05, 0) is 16.4 Å². The first-order valence-corrected chi connectivity index (χ1v) is 4.28. The highest BCUT2D eigenvalue weighted by Gasteiger charge is 2.10. The standard InChI is InChI=1S/C7H6N6O4/c8-6-7(12-17-11-6)10-9-3-4-1-2-5(16-4)13(14)15/h1-3H,(H2,8,11)(H,10,12)/b9-3-. The van der Waals surface area contributed by atoms with E-state index in [2.05, 4.69) is 25.5 Å².